The summed E-state index contributed by atoms with van der Waals surface area (Å²) < 4.78 is 1.94. The Hall–Kier alpha value is -3.20. The van der Waals surface area contributed by atoms with Crippen molar-refractivity contribution in [3.63, 3.8) is 0 Å². The zero-order valence-corrected chi connectivity index (χ0v) is 13.4. The third-order valence-electron chi connectivity index (χ3n) is 3.96. The van der Waals surface area contributed by atoms with Crippen molar-refractivity contribution < 1.29 is 0 Å². The predicted octanol–water partition coefficient (Wildman–Crippen LogP) is 4.91. The minimum Gasteiger partial charge on any atom is -0.212 e. The summed E-state index contributed by atoms with van der Waals surface area (Å²) in [5.74, 6) is 1.62. The molecule has 0 aliphatic carbocycles. The van der Waals surface area contributed by atoms with E-state index in [1.54, 1.807) is 0 Å². The molecule has 0 atom stereocenters. The fourth-order valence-electron chi connectivity index (χ4n) is 2.88. The lowest BCUT2D eigenvalue weighted by molar-refractivity contribution is 0.871. The van der Waals surface area contributed by atoms with Gasteiger partial charge in [-0.25, -0.2) is 9.67 Å². The second-order valence-corrected chi connectivity index (χ2v) is 5.64. The van der Waals surface area contributed by atoms with Gasteiger partial charge in [0.2, 0.25) is 0 Å². The van der Waals surface area contributed by atoms with Gasteiger partial charge in [-0.3, -0.25) is 0 Å². The van der Waals surface area contributed by atoms with E-state index in [0.717, 1.165) is 28.5 Å². The summed E-state index contributed by atoms with van der Waals surface area (Å²) in [5.41, 5.74) is 4.39. The molecule has 4 aromatic rings. The summed E-state index contributed by atoms with van der Waals surface area (Å²) in [6, 6.07) is 28.8. The zero-order chi connectivity index (χ0) is 16.4. The van der Waals surface area contributed by atoms with Gasteiger partial charge in [0, 0.05) is 11.1 Å². The van der Waals surface area contributed by atoms with Crippen molar-refractivity contribution in [2.75, 3.05) is 0 Å². The van der Waals surface area contributed by atoms with Crippen LogP contribution in [0, 0.1) is 6.92 Å². The second-order valence-electron chi connectivity index (χ2n) is 5.64. The summed E-state index contributed by atoms with van der Waals surface area (Å²) in [6.45, 7) is 1.92. The molecule has 1 aromatic heterocycles. The molecule has 0 aliphatic rings. The highest BCUT2D eigenvalue weighted by Gasteiger charge is 2.14. The zero-order valence-electron chi connectivity index (χ0n) is 13.4. The largest absolute Gasteiger partial charge is 0.212 e. The molecule has 0 bridgehead atoms. The van der Waals surface area contributed by atoms with Crippen LogP contribution >= 0.6 is 0 Å². The van der Waals surface area contributed by atoms with Gasteiger partial charge in [-0.05, 0) is 18.6 Å². The van der Waals surface area contributed by atoms with Crippen molar-refractivity contribution in [1.82, 2.24) is 14.8 Å². The molecule has 3 heteroatoms. The Bertz CT molecular complexity index is 957. The summed E-state index contributed by atoms with van der Waals surface area (Å²) in [5, 5.41) is 4.65. The lowest BCUT2D eigenvalue weighted by atomic mass is 10.0. The molecule has 0 fully saturated rings. The second kappa shape index (κ2) is 6.13. The van der Waals surface area contributed by atoms with Crippen LogP contribution in [0.5, 0.6) is 0 Å². The van der Waals surface area contributed by atoms with Gasteiger partial charge in [-0.1, -0.05) is 78.9 Å². The minimum absolute atomic E-state index is 0.761. The SMILES string of the molecule is Cc1nc(-c2ccccc2)n(-c2ccccc2-c2ccccc2)n1. The number of aromatic nitrogens is 3. The summed E-state index contributed by atoms with van der Waals surface area (Å²) >= 11 is 0. The average molecular weight is 311 g/mol. The molecule has 0 unspecified atom stereocenters. The molecule has 0 aliphatic heterocycles. The van der Waals surface area contributed by atoms with Crippen molar-refractivity contribution in [2.24, 2.45) is 0 Å². The molecular formula is C21H17N3. The maximum Gasteiger partial charge on any atom is 0.163 e. The van der Waals surface area contributed by atoms with Crippen LogP contribution in [-0.2, 0) is 0 Å². The molecule has 3 nitrogen and oxygen atoms in total. The first kappa shape index (κ1) is 14.4. The lowest BCUT2D eigenvalue weighted by Crippen LogP contribution is -2.02. The van der Waals surface area contributed by atoms with Gasteiger partial charge in [-0.15, -0.1) is 0 Å². The maximum atomic E-state index is 4.65. The average Bonchev–Trinajstić information content (AvgIpc) is 3.05. The van der Waals surface area contributed by atoms with Crippen LogP contribution in [0.2, 0.25) is 0 Å². The Morgan fingerprint density at radius 1 is 0.667 bits per heavy atom. The molecule has 0 saturated heterocycles. The molecule has 1 heterocycles. The Kier molecular flexibility index (Phi) is 3.67. The maximum absolute atomic E-state index is 4.65. The van der Waals surface area contributed by atoms with Crippen LogP contribution in [0.4, 0.5) is 0 Å². The molecule has 0 spiro atoms. The summed E-state index contributed by atoms with van der Waals surface area (Å²) in [7, 11) is 0. The minimum atomic E-state index is 0.761. The Morgan fingerprint density at radius 3 is 1.96 bits per heavy atom. The third kappa shape index (κ3) is 2.61. The van der Waals surface area contributed by atoms with Crippen molar-refractivity contribution in [3.8, 4) is 28.2 Å². The van der Waals surface area contributed by atoms with E-state index in [2.05, 4.69) is 64.7 Å². The lowest BCUT2D eigenvalue weighted by Gasteiger charge is -2.12. The number of aryl methyl sites for hydroxylation is 1. The highest BCUT2D eigenvalue weighted by Crippen LogP contribution is 2.29. The predicted molar refractivity (Wildman–Crippen MR) is 97.0 cm³/mol. The molecule has 24 heavy (non-hydrogen) atoms. The fourth-order valence-corrected chi connectivity index (χ4v) is 2.88. The molecule has 4 rings (SSSR count). The van der Waals surface area contributed by atoms with E-state index < -0.39 is 0 Å². The van der Waals surface area contributed by atoms with E-state index in [9.17, 15) is 0 Å². The number of benzene rings is 3. The number of para-hydroxylation sites is 1. The van der Waals surface area contributed by atoms with Crippen LogP contribution in [0.1, 0.15) is 5.82 Å². The topological polar surface area (TPSA) is 30.7 Å². The van der Waals surface area contributed by atoms with Gasteiger partial charge in [-0.2, -0.15) is 5.10 Å². The number of hydrogen-bond donors (Lipinski definition) is 0. The normalized spacial score (nSPS) is 10.7. The van der Waals surface area contributed by atoms with E-state index in [4.69, 9.17) is 0 Å². The first-order valence-corrected chi connectivity index (χ1v) is 7.97. The number of rotatable bonds is 3. The van der Waals surface area contributed by atoms with E-state index >= 15 is 0 Å². The van der Waals surface area contributed by atoms with Gasteiger partial charge in [0.05, 0.1) is 5.69 Å². The standard InChI is InChI=1S/C21H17N3/c1-16-22-21(18-12-6-3-7-13-18)24(23-16)20-15-9-8-14-19(20)17-10-4-2-5-11-17/h2-15H,1H3. The van der Waals surface area contributed by atoms with Crippen molar-refractivity contribution >= 4 is 0 Å². The van der Waals surface area contributed by atoms with E-state index in [1.165, 1.54) is 5.56 Å². The van der Waals surface area contributed by atoms with Gasteiger partial charge < -0.3 is 0 Å². The van der Waals surface area contributed by atoms with Crippen LogP contribution < -0.4 is 0 Å². The molecule has 3 aromatic carbocycles. The number of nitrogens with zero attached hydrogens (tertiary/aromatic N) is 3. The van der Waals surface area contributed by atoms with Crippen LogP contribution in [0.25, 0.3) is 28.2 Å². The summed E-state index contributed by atoms with van der Waals surface area (Å²) in [6.07, 6.45) is 0. The van der Waals surface area contributed by atoms with Gasteiger partial charge in [0.25, 0.3) is 0 Å². The van der Waals surface area contributed by atoms with E-state index in [1.807, 2.05) is 41.9 Å². The third-order valence-corrected chi connectivity index (χ3v) is 3.96. The number of hydrogen-bond acceptors (Lipinski definition) is 2. The van der Waals surface area contributed by atoms with Crippen molar-refractivity contribution in [2.45, 2.75) is 6.92 Å². The molecule has 0 N–H and O–H groups in total. The molecule has 0 radical (unpaired) electrons. The van der Waals surface area contributed by atoms with Crippen molar-refractivity contribution in [3.05, 3.63) is 90.8 Å². The Balaban J connectivity index is 1.93. The van der Waals surface area contributed by atoms with Gasteiger partial charge >= 0.3 is 0 Å². The molecule has 0 saturated carbocycles. The molecule has 0 amide bonds. The Labute approximate surface area is 141 Å². The highest BCUT2D eigenvalue weighted by molar-refractivity contribution is 5.74. The molecular weight excluding hydrogens is 294 g/mol. The van der Waals surface area contributed by atoms with Gasteiger partial charge in [0.15, 0.2) is 5.82 Å². The quantitative estimate of drug-likeness (QED) is 0.538. The highest BCUT2D eigenvalue weighted by atomic mass is 15.3. The van der Waals surface area contributed by atoms with E-state index in [0.29, 0.717) is 0 Å². The summed E-state index contributed by atoms with van der Waals surface area (Å²) in [4.78, 5) is 4.64. The van der Waals surface area contributed by atoms with Crippen LogP contribution in [0.3, 0.4) is 0 Å². The fraction of sp³-hybridized carbons (Fsp3) is 0.0476. The van der Waals surface area contributed by atoms with Crippen LogP contribution in [0.15, 0.2) is 84.9 Å². The monoisotopic (exact) mass is 311 g/mol. The van der Waals surface area contributed by atoms with Crippen LogP contribution in [-0.4, -0.2) is 14.8 Å². The molecule has 116 valence electrons. The first-order chi connectivity index (χ1) is 11.8. The van der Waals surface area contributed by atoms with Gasteiger partial charge in [0.1, 0.15) is 5.82 Å². The van der Waals surface area contributed by atoms with Crippen molar-refractivity contribution in [1.29, 1.82) is 0 Å². The van der Waals surface area contributed by atoms with E-state index in [-0.39, 0.29) is 0 Å². The smallest absolute Gasteiger partial charge is 0.163 e. The first-order valence-electron chi connectivity index (χ1n) is 7.97. The Morgan fingerprint density at radius 2 is 1.25 bits per heavy atom.